The topological polar surface area (TPSA) is 13.1 Å². The highest BCUT2D eigenvalue weighted by Gasteiger charge is 2.21. The van der Waals surface area contributed by atoms with Crippen molar-refractivity contribution in [3.63, 3.8) is 0 Å². The van der Waals surface area contributed by atoms with Gasteiger partial charge in [0.15, 0.2) is 4.67 Å². The molecule has 1 nitrogen and oxygen atoms in total. The molecule has 108 valence electrons. The van der Waals surface area contributed by atoms with Crippen molar-refractivity contribution in [2.75, 3.05) is 0 Å². The zero-order valence-electron chi connectivity index (χ0n) is 12.3. The quantitative estimate of drug-likeness (QED) is 0.562. The van der Waals surface area contributed by atoms with Gasteiger partial charge in [-0.3, -0.25) is 0 Å². The van der Waals surface area contributed by atoms with Gasteiger partial charge in [0, 0.05) is 5.56 Å². The molecule has 0 aliphatic rings. The minimum Gasteiger partial charge on any atom is -0.457 e. The van der Waals surface area contributed by atoms with Crippen molar-refractivity contribution in [1.29, 1.82) is 0 Å². The summed E-state index contributed by atoms with van der Waals surface area (Å²) in [5.41, 5.74) is 4.80. The molecule has 1 unspecified atom stereocenters. The summed E-state index contributed by atoms with van der Waals surface area (Å²) in [7, 11) is 0. The molecule has 0 radical (unpaired) electrons. The number of alkyl halides is 1. The molecule has 0 saturated heterocycles. The molecule has 2 aromatic rings. The highest BCUT2D eigenvalue weighted by atomic mass is 79.9. The summed E-state index contributed by atoms with van der Waals surface area (Å²) >= 11 is 10.1. The van der Waals surface area contributed by atoms with Crippen LogP contribution >= 0.6 is 27.5 Å². The molecular weight excluding hydrogens is 336 g/mol. The lowest BCUT2D eigenvalue weighted by atomic mass is 9.89. The Morgan fingerprint density at radius 2 is 1.65 bits per heavy atom. The Hall–Kier alpha value is -0.730. The van der Waals surface area contributed by atoms with Crippen molar-refractivity contribution in [2.45, 2.75) is 44.9 Å². The summed E-state index contributed by atoms with van der Waals surface area (Å²) < 4.78 is 6.01. The van der Waals surface area contributed by atoms with Gasteiger partial charge in [-0.05, 0) is 50.5 Å². The second kappa shape index (κ2) is 6.36. The van der Waals surface area contributed by atoms with E-state index in [1.165, 1.54) is 11.1 Å². The number of furan rings is 1. The fourth-order valence-corrected chi connectivity index (χ4v) is 3.31. The highest BCUT2D eigenvalue weighted by Crippen LogP contribution is 2.38. The first-order valence-corrected chi connectivity index (χ1v) is 8.15. The average Bonchev–Trinajstić information content (AvgIpc) is 2.83. The molecule has 0 N–H and O–H groups in total. The molecule has 0 aliphatic heterocycles. The van der Waals surface area contributed by atoms with Crippen LogP contribution in [0, 0.1) is 0 Å². The molecule has 1 aromatic heterocycles. The van der Waals surface area contributed by atoms with E-state index in [1.54, 1.807) is 6.26 Å². The second-order valence-corrected chi connectivity index (χ2v) is 6.87. The Labute approximate surface area is 134 Å². The molecular formula is C17H20BrClO. The first-order chi connectivity index (χ1) is 9.41. The monoisotopic (exact) mass is 354 g/mol. The van der Waals surface area contributed by atoms with Crippen molar-refractivity contribution in [2.24, 2.45) is 0 Å². The van der Waals surface area contributed by atoms with E-state index in [9.17, 15) is 0 Å². The second-order valence-electron chi connectivity index (χ2n) is 5.71. The molecule has 0 amide bonds. The molecule has 0 spiro atoms. The first kappa shape index (κ1) is 15.7. The van der Waals surface area contributed by atoms with Crippen molar-refractivity contribution in [3.05, 3.63) is 57.5 Å². The third kappa shape index (κ3) is 3.12. The van der Waals surface area contributed by atoms with Crippen LogP contribution in [0.2, 0.25) is 0 Å². The Morgan fingerprint density at radius 1 is 0.950 bits per heavy atom. The van der Waals surface area contributed by atoms with E-state index in [0.29, 0.717) is 16.5 Å². The Balaban J connectivity index is 2.48. The van der Waals surface area contributed by atoms with Gasteiger partial charge < -0.3 is 4.42 Å². The molecule has 1 heterocycles. The van der Waals surface area contributed by atoms with Crippen LogP contribution in [-0.2, 0) is 0 Å². The number of rotatable bonds is 4. The van der Waals surface area contributed by atoms with E-state index in [2.05, 4.69) is 61.8 Å². The zero-order chi connectivity index (χ0) is 14.9. The summed E-state index contributed by atoms with van der Waals surface area (Å²) in [6.07, 6.45) is 1.66. The molecule has 3 heteroatoms. The van der Waals surface area contributed by atoms with Crippen LogP contribution in [0.25, 0.3) is 0 Å². The van der Waals surface area contributed by atoms with Crippen molar-refractivity contribution < 1.29 is 4.42 Å². The van der Waals surface area contributed by atoms with Gasteiger partial charge in [-0.25, -0.2) is 0 Å². The number of halogens is 2. The number of hydrogen-bond donors (Lipinski definition) is 0. The van der Waals surface area contributed by atoms with Gasteiger partial charge >= 0.3 is 0 Å². The van der Waals surface area contributed by atoms with Gasteiger partial charge in [-0.2, -0.15) is 0 Å². The predicted octanol–water partition coefficient (Wildman–Crippen LogP) is 6.62. The van der Waals surface area contributed by atoms with Gasteiger partial charge in [-0.1, -0.05) is 45.9 Å². The largest absolute Gasteiger partial charge is 0.457 e. The van der Waals surface area contributed by atoms with Gasteiger partial charge in [0.2, 0.25) is 0 Å². The van der Waals surface area contributed by atoms with Gasteiger partial charge in [-0.15, -0.1) is 11.6 Å². The maximum absolute atomic E-state index is 6.67. The Morgan fingerprint density at radius 3 is 2.15 bits per heavy atom. The van der Waals surface area contributed by atoms with Gasteiger partial charge in [0.05, 0.1) is 11.6 Å². The van der Waals surface area contributed by atoms with Crippen molar-refractivity contribution >= 4 is 27.5 Å². The van der Waals surface area contributed by atoms with Crippen LogP contribution < -0.4 is 0 Å². The zero-order valence-corrected chi connectivity index (χ0v) is 14.6. The van der Waals surface area contributed by atoms with E-state index in [1.807, 2.05) is 6.07 Å². The molecule has 1 atom stereocenters. The maximum atomic E-state index is 6.67. The van der Waals surface area contributed by atoms with E-state index in [0.717, 1.165) is 11.1 Å². The lowest BCUT2D eigenvalue weighted by Crippen LogP contribution is -2.02. The predicted molar refractivity (Wildman–Crippen MR) is 88.7 cm³/mol. The van der Waals surface area contributed by atoms with Crippen LogP contribution in [0.3, 0.4) is 0 Å². The van der Waals surface area contributed by atoms with Crippen molar-refractivity contribution in [3.8, 4) is 0 Å². The summed E-state index contributed by atoms with van der Waals surface area (Å²) in [6, 6.07) is 8.53. The standard InChI is InChI=1S/C17H20BrClO/c1-10(2)12-5-6-13(15(9-12)11(3)4)16(19)14-7-8-20-17(14)18/h5-11,16H,1-4H3. The third-order valence-electron chi connectivity index (χ3n) is 3.59. The Bertz CT molecular complexity index is 586. The lowest BCUT2D eigenvalue weighted by Gasteiger charge is -2.19. The molecule has 0 saturated carbocycles. The minimum absolute atomic E-state index is 0.193. The summed E-state index contributed by atoms with van der Waals surface area (Å²) in [6.45, 7) is 8.84. The number of benzene rings is 1. The molecule has 20 heavy (non-hydrogen) atoms. The molecule has 2 rings (SSSR count). The summed E-state index contributed by atoms with van der Waals surface area (Å²) in [5.74, 6) is 0.964. The average molecular weight is 356 g/mol. The van der Waals surface area contributed by atoms with E-state index in [-0.39, 0.29) is 5.38 Å². The van der Waals surface area contributed by atoms with Crippen molar-refractivity contribution in [1.82, 2.24) is 0 Å². The fourth-order valence-electron chi connectivity index (χ4n) is 2.34. The highest BCUT2D eigenvalue weighted by molar-refractivity contribution is 9.10. The number of hydrogen-bond acceptors (Lipinski definition) is 1. The van der Waals surface area contributed by atoms with Crippen LogP contribution in [0.5, 0.6) is 0 Å². The fraction of sp³-hybridized carbons (Fsp3) is 0.412. The van der Waals surface area contributed by atoms with Crippen LogP contribution in [0.15, 0.2) is 39.6 Å². The van der Waals surface area contributed by atoms with E-state index in [4.69, 9.17) is 16.0 Å². The summed E-state index contributed by atoms with van der Waals surface area (Å²) in [4.78, 5) is 0. The van der Waals surface area contributed by atoms with E-state index < -0.39 is 0 Å². The SMILES string of the molecule is CC(C)c1ccc(C(Cl)c2ccoc2Br)c(C(C)C)c1. The molecule has 1 aromatic carbocycles. The lowest BCUT2D eigenvalue weighted by molar-refractivity contribution is 0.537. The smallest absolute Gasteiger partial charge is 0.173 e. The minimum atomic E-state index is -0.193. The van der Waals surface area contributed by atoms with Crippen LogP contribution in [0.1, 0.15) is 67.2 Å². The van der Waals surface area contributed by atoms with E-state index >= 15 is 0 Å². The molecule has 0 bridgehead atoms. The van der Waals surface area contributed by atoms with Crippen LogP contribution in [0.4, 0.5) is 0 Å². The third-order valence-corrected chi connectivity index (χ3v) is 4.71. The van der Waals surface area contributed by atoms with Crippen LogP contribution in [-0.4, -0.2) is 0 Å². The maximum Gasteiger partial charge on any atom is 0.173 e. The Kier molecular flexibility index (Phi) is 4.98. The summed E-state index contributed by atoms with van der Waals surface area (Å²) in [5, 5.41) is -0.193. The van der Waals surface area contributed by atoms with Gasteiger partial charge in [0.1, 0.15) is 0 Å². The first-order valence-electron chi connectivity index (χ1n) is 6.92. The van der Waals surface area contributed by atoms with Gasteiger partial charge in [0.25, 0.3) is 0 Å². The molecule has 0 fully saturated rings. The normalized spacial score (nSPS) is 13.2. The molecule has 0 aliphatic carbocycles.